The van der Waals surface area contributed by atoms with E-state index in [0.29, 0.717) is 11.5 Å². The Bertz CT molecular complexity index is 1160. The van der Waals surface area contributed by atoms with Crippen molar-refractivity contribution >= 4 is 15.5 Å². The Hall–Kier alpha value is -1.92. The van der Waals surface area contributed by atoms with E-state index >= 15 is 0 Å². The molecule has 0 aliphatic heterocycles. The standard InChI is InChI=1S/C26H35NO4S/c1-16-11-23(25(2,3)17-9-10-17)22(21-8-6-7-20(16)21)13-19(28)15-32(27,30)24-12-18(14-31-24)26(4,5)29/h11-12,14,17,27,29H,6-10,13,15H2,1-5H3. The monoisotopic (exact) mass is 457 g/mol. The summed E-state index contributed by atoms with van der Waals surface area (Å²) in [6.07, 6.45) is 7.11. The zero-order valence-electron chi connectivity index (χ0n) is 19.8. The lowest BCUT2D eigenvalue weighted by Gasteiger charge is -2.30. The van der Waals surface area contributed by atoms with Crippen molar-refractivity contribution in [3.63, 3.8) is 0 Å². The van der Waals surface area contributed by atoms with Gasteiger partial charge < -0.3 is 9.52 Å². The van der Waals surface area contributed by atoms with Crippen LogP contribution in [-0.4, -0.2) is 20.9 Å². The first-order valence-corrected chi connectivity index (χ1v) is 13.3. The minimum Gasteiger partial charge on any atom is -0.454 e. The van der Waals surface area contributed by atoms with Crippen molar-refractivity contribution in [3.05, 3.63) is 51.8 Å². The number of hydrogen-bond donors (Lipinski definition) is 2. The van der Waals surface area contributed by atoms with Crippen LogP contribution in [0.2, 0.25) is 0 Å². The van der Waals surface area contributed by atoms with Gasteiger partial charge in [0.15, 0.2) is 10.9 Å². The molecule has 6 heteroatoms. The Kier molecular flexibility index (Phi) is 5.70. The molecule has 2 aliphatic carbocycles. The average Bonchev–Trinajstić information content (AvgIpc) is 3.20. The largest absolute Gasteiger partial charge is 0.454 e. The van der Waals surface area contributed by atoms with Gasteiger partial charge in [-0.1, -0.05) is 19.9 Å². The smallest absolute Gasteiger partial charge is 0.199 e. The van der Waals surface area contributed by atoms with Gasteiger partial charge in [0.05, 0.1) is 17.6 Å². The van der Waals surface area contributed by atoms with E-state index in [9.17, 15) is 14.1 Å². The Morgan fingerprint density at radius 2 is 1.84 bits per heavy atom. The molecule has 1 fully saturated rings. The van der Waals surface area contributed by atoms with Crippen LogP contribution >= 0.6 is 0 Å². The number of furan rings is 1. The molecule has 2 aromatic rings. The maximum atomic E-state index is 13.2. The maximum absolute atomic E-state index is 13.2. The topological polar surface area (TPSA) is 91.4 Å². The molecule has 0 bridgehead atoms. The first kappa shape index (κ1) is 23.2. The van der Waals surface area contributed by atoms with E-state index in [1.807, 2.05) is 0 Å². The van der Waals surface area contributed by atoms with Crippen LogP contribution in [0.3, 0.4) is 0 Å². The fourth-order valence-corrected chi connectivity index (χ4v) is 6.44. The van der Waals surface area contributed by atoms with Crippen LogP contribution in [0, 0.1) is 17.6 Å². The number of Topliss-reactive ketones (excluding diaryl/α,β-unsaturated/α-hetero) is 1. The first-order chi connectivity index (χ1) is 14.8. The van der Waals surface area contributed by atoms with Crippen LogP contribution in [0.25, 0.3) is 0 Å². The van der Waals surface area contributed by atoms with Gasteiger partial charge in [0.25, 0.3) is 0 Å². The highest BCUT2D eigenvalue weighted by molar-refractivity contribution is 7.93. The van der Waals surface area contributed by atoms with Crippen LogP contribution < -0.4 is 0 Å². The van der Waals surface area contributed by atoms with Crippen molar-refractivity contribution in [1.82, 2.24) is 0 Å². The summed E-state index contributed by atoms with van der Waals surface area (Å²) in [5.41, 5.74) is 5.65. The minimum atomic E-state index is -3.42. The zero-order chi connectivity index (χ0) is 23.5. The summed E-state index contributed by atoms with van der Waals surface area (Å²) in [5, 5.41) is 10.1. The molecule has 1 aromatic heterocycles. The second-order valence-corrected chi connectivity index (χ2v) is 12.8. The predicted octanol–water partition coefficient (Wildman–Crippen LogP) is 5.21. The van der Waals surface area contributed by atoms with Crippen molar-refractivity contribution in [3.8, 4) is 0 Å². The van der Waals surface area contributed by atoms with E-state index in [2.05, 4.69) is 26.8 Å². The second-order valence-electron chi connectivity index (χ2n) is 10.8. The highest BCUT2D eigenvalue weighted by Gasteiger charge is 2.41. The lowest BCUT2D eigenvalue weighted by molar-refractivity contribution is -0.116. The lowest BCUT2D eigenvalue weighted by atomic mass is 9.74. The van der Waals surface area contributed by atoms with E-state index in [1.54, 1.807) is 13.8 Å². The molecule has 2 aliphatic rings. The number of nitrogens with one attached hydrogen (secondary N) is 1. The molecular formula is C26H35NO4S. The summed E-state index contributed by atoms with van der Waals surface area (Å²) in [7, 11) is -3.42. The van der Waals surface area contributed by atoms with Crippen molar-refractivity contribution in [2.75, 3.05) is 5.75 Å². The SMILES string of the molecule is Cc1cc(C(C)(C)C2CC2)c(CC(=O)CS(=N)(=O)c2cc(C(C)(C)O)co2)c2c1CCC2. The van der Waals surface area contributed by atoms with Crippen LogP contribution in [0.1, 0.15) is 80.3 Å². The summed E-state index contributed by atoms with van der Waals surface area (Å²) in [5.74, 6) is 0.0635. The summed E-state index contributed by atoms with van der Waals surface area (Å²) >= 11 is 0. The third-order valence-corrected chi connectivity index (χ3v) is 8.97. The quantitative estimate of drug-likeness (QED) is 0.569. The molecule has 2 N–H and O–H groups in total. The number of aryl methyl sites for hydroxylation is 1. The van der Waals surface area contributed by atoms with Gasteiger partial charge in [-0.15, -0.1) is 0 Å². The zero-order valence-corrected chi connectivity index (χ0v) is 20.7. The molecule has 1 heterocycles. The molecule has 1 unspecified atom stereocenters. The molecule has 174 valence electrons. The van der Waals surface area contributed by atoms with Gasteiger partial charge in [0, 0.05) is 18.1 Å². The summed E-state index contributed by atoms with van der Waals surface area (Å²) in [6.45, 7) is 9.93. The van der Waals surface area contributed by atoms with Crippen molar-refractivity contribution in [2.45, 2.75) is 89.3 Å². The molecular weight excluding hydrogens is 422 g/mol. The van der Waals surface area contributed by atoms with E-state index in [1.165, 1.54) is 47.4 Å². The van der Waals surface area contributed by atoms with Crippen molar-refractivity contribution in [1.29, 1.82) is 4.78 Å². The van der Waals surface area contributed by atoms with E-state index < -0.39 is 15.3 Å². The number of ketones is 1. The van der Waals surface area contributed by atoms with Gasteiger partial charge in [-0.25, -0.2) is 8.99 Å². The number of aliphatic hydroxyl groups is 1. The molecule has 4 rings (SSSR count). The van der Waals surface area contributed by atoms with Gasteiger partial charge in [-0.05, 0) is 92.0 Å². The average molecular weight is 458 g/mol. The Labute approximate surface area is 191 Å². The maximum Gasteiger partial charge on any atom is 0.199 e. The van der Waals surface area contributed by atoms with Crippen molar-refractivity contribution < 1.29 is 18.5 Å². The van der Waals surface area contributed by atoms with Crippen LogP contribution in [0.5, 0.6) is 0 Å². The molecule has 0 radical (unpaired) electrons. The normalized spacial score (nSPS) is 18.4. The third kappa shape index (κ3) is 4.32. The predicted molar refractivity (Wildman–Crippen MR) is 126 cm³/mol. The fourth-order valence-electron chi connectivity index (χ4n) is 5.22. The van der Waals surface area contributed by atoms with Gasteiger partial charge >= 0.3 is 0 Å². The highest BCUT2D eigenvalue weighted by atomic mass is 32.2. The number of benzene rings is 1. The van der Waals surface area contributed by atoms with Gasteiger partial charge in [-0.2, -0.15) is 0 Å². The van der Waals surface area contributed by atoms with Gasteiger partial charge in [-0.3, -0.25) is 4.79 Å². The Morgan fingerprint density at radius 3 is 2.44 bits per heavy atom. The lowest BCUT2D eigenvalue weighted by Crippen LogP contribution is -2.26. The summed E-state index contributed by atoms with van der Waals surface area (Å²) in [6, 6.07) is 3.72. The number of fused-ring (bicyclic) bond motifs is 1. The summed E-state index contributed by atoms with van der Waals surface area (Å²) in [4.78, 5) is 13.2. The van der Waals surface area contributed by atoms with Gasteiger partial charge in [0.1, 0.15) is 9.73 Å². The van der Waals surface area contributed by atoms with Crippen LogP contribution in [0.4, 0.5) is 0 Å². The molecule has 1 saturated carbocycles. The van der Waals surface area contributed by atoms with Crippen LogP contribution in [-0.2, 0) is 44.8 Å². The van der Waals surface area contributed by atoms with Crippen molar-refractivity contribution in [2.24, 2.45) is 5.92 Å². The molecule has 0 saturated heterocycles. The third-order valence-electron chi connectivity index (χ3n) is 7.38. The van der Waals surface area contributed by atoms with Crippen LogP contribution in [0.15, 0.2) is 27.9 Å². The molecule has 1 atom stereocenters. The second kappa shape index (κ2) is 7.84. The molecule has 0 spiro atoms. The Balaban J connectivity index is 1.63. The number of carbonyl (C=O) groups excluding carboxylic acids is 1. The minimum absolute atomic E-state index is 0.00297. The first-order valence-electron chi connectivity index (χ1n) is 11.5. The highest BCUT2D eigenvalue weighted by Crippen LogP contribution is 2.49. The number of rotatable bonds is 8. The number of carbonyl (C=O) groups is 1. The van der Waals surface area contributed by atoms with E-state index in [0.717, 1.165) is 24.8 Å². The van der Waals surface area contributed by atoms with E-state index in [4.69, 9.17) is 9.20 Å². The van der Waals surface area contributed by atoms with Gasteiger partial charge in [0.2, 0.25) is 0 Å². The van der Waals surface area contributed by atoms with E-state index in [-0.39, 0.29) is 28.5 Å². The fraction of sp³-hybridized carbons (Fsp3) is 0.577. The molecule has 5 nitrogen and oxygen atoms in total. The molecule has 1 aromatic carbocycles. The number of hydrogen-bond acceptors (Lipinski definition) is 5. The Morgan fingerprint density at radius 1 is 1.19 bits per heavy atom. The summed E-state index contributed by atoms with van der Waals surface area (Å²) < 4.78 is 26.8. The molecule has 0 amide bonds. The molecule has 32 heavy (non-hydrogen) atoms.